The van der Waals surface area contributed by atoms with E-state index < -0.39 is 0 Å². The number of likely N-dealkylation sites (N-methyl/N-ethyl adjacent to an activating group) is 1. The summed E-state index contributed by atoms with van der Waals surface area (Å²) in [5.41, 5.74) is 0. The lowest BCUT2D eigenvalue weighted by Gasteiger charge is -2.13. The number of tetrazole rings is 1. The highest BCUT2D eigenvalue weighted by Gasteiger charge is 2.11. The van der Waals surface area contributed by atoms with Gasteiger partial charge in [-0.1, -0.05) is 0 Å². The van der Waals surface area contributed by atoms with Gasteiger partial charge in [-0.3, -0.25) is 0 Å². The van der Waals surface area contributed by atoms with Crippen LogP contribution in [0.1, 0.15) is 5.82 Å². The van der Waals surface area contributed by atoms with Gasteiger partial charge < -0.3 is 5.32 Å². The van der Waals surface area contributed by atoms with Gasteiger partial charge in [0.25, 0.3) is 0 Å². The van der Waals surface area contributed by atoms with Gasteiger partial charge in [-0.15, -0.1) is 22.0 Å². The summed E-state index contributed by atoms with van der Waals surface area (Å²) in [6.07, 6.45) is 0.721. The summed E-state index contributed by atoms with van der Waals surface area (Å²) in [6, 6.07) is 6.77. The van der Waals surface area contributed by atoms with Crippen LogP contribution in [0.3, 0.4) is 0 Å². The summed E-state index contributed by atoms with van der Waals surface area (Å²) in [5, 5.41) is 15.2. The number of nitrogens with one attached hydrogen (secondary N) is 1. The second-order valence-electron chi connectivity index (χ2n) is 4.15. The van der Waals surface area contributed by atoms with Crippen LogP contribution in [0.5, 0.6) is 0 Å². The molecular formula is C12H16FN5S. The minimum atomic E-state index is -0.210. The minimum absolute atomic E-state index is 0.210. The van der Waals surface area contributed by atoms with Crippen LogP contribution < -0.4 is 5.32 Å². The second kappa shape index (κ2) is 6.63. The predicted octanol–water partition coefficient (Wildman–Crippen LogP) is 1.27. The SMILES string of the molecule is CNC(CSc1ccc(F)cc1)Cc1nnn(C)n1. The number of thioether (sulfide) groups is 1. The highest BCUT2D eigenvalue weighted by Crippen LogP contribution is 2.19. The van der Waals surface area contributed by atoms with Crippen molar-refractivity contribution in [2.24, 2.45) is 7.05 Å². The molecule has 0 amide bonds. The van der Waals surface area contributed by atoms with E-state index in [1.807, 2.05) is 7.05 Å². The number of hydrogen-bond donors (Lipinski definition) is 1. The molecule has 0 spiro atoms. The van der Waals surface area contributed by atoms with Crippen LogP contribution in [0.4, 0.5) is 4.39 Å². The maximum Gasteiger partial charge on any atom is 0.176 e. The summed E-state index contributed by atoms with van der Waals surface area (Å²) >= 11 is 1.68. The van der Waals surface area contributed by atoms with E-state index >= 15 is 0 Å². The molecule has 0 bridgehead atoms. The first kappa shape index (κ1) is 14.0. The van der Waals surface area contributed by atoms with E-state index in [0.717, 1.165) is 22.9 Å². The minimum Gasteiger partial charge on any atom is -0.316 e. The molecule has 0 saturated heterocycles. The van der Waals surface area contributed by atoms with Crippen LogP contribution in [-0.4, -0.2) is 39.0 Å². The molecule has 1 heterocycles. The first-order valence-electron chi connectivity index (χ1n) is 5.96. The molecule has 1 unspecified atom stereocenters. The number of rotatable bonds is 6. The van der Waals surface area contributed by atoms with E-state index in [1.54, 1.807) is 30.9 Å². The quantitative estimate of drug-likeness (QED) is 0.808. The van der Waals surface area contributed by atoms with E-state index in [0.29, 0.717) is 0 Å². The molecule has 7 heteroatoms. The number of nitrogens with zero attached hydrogens (tertiary/aromatic N) is 4. The van der Waals surface area contributed by atoms with Gasteiger partial charge in [-0.05, 0) is 36.5 Å². The lowest BCUT2D eigenvalue weighted by molar-refractivity contribution is 0.591. The molecule has 1 N–H and O–H groups in total. The normalized spacial score (nSPS) is 12.6. The monoisotopic (exact) mass is 281 g/mol. The van der Waals surface area contributed by atoms with E-state index in [1.165, 1.54) is 16.9 Å². The molecule has 1 aromatic carbocycles. The van der Waals surface area contributed by atoms with Crippen LogP contribution >= 0.6 is 11.8 Å². The third-order valence-corrected chi connectivity index (χ3v) is 3.83. The topological polar surface area (TPSA) is 55.6 Å². The van der Waals surface area contributed by atoms with E-state index in [2.05, 4.69) is 20.7 Å². The summed E-state index contributed by atoms with van der Waals surface area (Å²) in [7, 11) is 3.66. The fourth-order valence-corrected chi connectivity index (χ4v) is 2.60. The van der Waals surface area contributed by atoms with Crippen LogP contribution in [0.25, 0.3) is 0 Å². The zero-order valence-corrected chi connectivity index (χ0v) is 11.7. The zero-order chi connectivity index (χ0) is 13.7. The second-order valence-corrected chi connectivity index (χ2v) is 5.24. The number of halogens is 1. The van der Waals surface area contributed by atoms with Crippen molar-refractivity contribution in [1.29, 1.82) is 0 Å². The van der Waals surface area contributed by atoms with Crippen molar-refractivity contribution in [3.63, 3.8) is 0 Å². The van der Waals surface area contributed by atoms with Gasteiger partial charge in [0.05, 0.1) is 7.05 Å². The van der Waals surface area contributed by atoms with E-state index in [4.69, 9.17) is 0 Å². The Morgan fingerprint density at radius 2 is 2.11 bits per heavy atom. The fraction of sp³-hybridized carbons (Fsp3) is 0.417. The third-order valence-electron chi connectivity index (χ3n) is 2.65. The summed E-state index contributed by atoms with van der Waals surface area (Å²) < 4.78 is 12.8. The summed E-state index contributed by atoms with van der Waals surface area (Å²) in [4.78, 5) is 2.50. The van der Waals surface area contributed by atoms with Gasteiger partial charge in [-0.2, -0.15) is 4.80 Å². The molecule has 0 aliphatic heterocycles. The maximum absolute atomic E-state index is 12.8. The Balaban J connectivity index is 1.87. The van der Waals surface area contributed by atoms with E-state index in [9.17, 15) is 4.39 Å². The number of benzene rings is 1. The average molecular weight is 281 g/mol. The van der Waals surface area contributed by atoms with Crippen molar-refractivity contribution in [3.05, 3.63) is 35.9 Å². The summed E-state index contributed by atoms with van der Waals surface area (Å²) in [5.74, 6) is 1.38. The Morgan fingerprint density at radius 3 is 2.68 bits per heavy atom. The highest BCUT2D eigenvalue weighted by atomic mass is 32.2. The van der Waals surface area contributed by atoms with Gasteiger partial charge >= 0.3 is 0 Å². The van der Waals surface area contributed by atoms with Gasteiger partial charge in [0, 0.05) is 23.1 Å². The Labute approximate surface area is 115 Å². The van der Waals surface area contributed by atoms with Gasteiger partial charge in [-0.25, -0.2) is 4.39 Å². The molecule has 0 aliphatic carbocycles. The van der Waals surface area contributed by atoms with Crippen LogP contribution in [0, 0.1) is 5.82 Å². The van der Waals surface area contributed by atoms with Gasteiger partial charge in [0.15, 0.2) is 5.82 Å². The first-order chi connectivity index (χ1) is 9.17. The van der Waals surface area contributed by atoms with Crippen LogP contribution in [0.15, 0.2) is 29.2 Å². The lowest BCUT2D eigenvalue weighted by Crippen LogP contribution is -2.30. The molecule has 1 atom stereocenters. The van der Waals surface area contributed by atoms with Crippen molar-refractivity contribution in [2.75, 3.05) is 12.8 Å². The van der Waals surface area contributed by atoms with Gasteiger partial charge in [0.1, 0.15) is 5.82 Å². The predicted molar refractivity (Wildman–Crippen MR) is 72.5 cm³/mol. The molecule has 102 valence electrons. The Hall–Kier alpha value is -1.47. The molecule has 0 fully saturated rings. The molecule has 0 aliphatic rings. The summed E-state index contributed by atoms with van der Waals surface area (Å²) in [6.45, 7) is 0. The average Bonchev–Trinajstić information content (AvgIpc) is 2.82. The maximum atomic E-state index is 12.8. The molecule has 0 radical (unpaired) electrons. The number of aromatic nitrogens is 4. The fourth-order valence-electron chi connectivity index (χ4n) is 1.60. The lowest BCUT2D eigenvalue weighted by atomic mass is 10.2. The Morgan fingerprint density at radius 1 is 1.37 bits per heavy atom. The van der Waals surface area contributed by atoms with Crippen molar-refractivity contribution in [1.82, 2.24) is 25.5 Å². The molecule has 2 rings (SSSR count). The first-order valence-corrected chi connectivity index (χ1v) is 6.94. The van der Waals surface area contributed by atoms with Crippen molar-refractivity contribution in [3.8, 4) is 0 Å². The molecular weight excluding hydrogens is 265 g/mol. The van der Waals surface area contributed by atoms with Crippen LogP contribution in [0.2, 0.25) is 0 Å². The number of hydrogen-bond acceptors (Lipinski definition) is 5. The van der Waals surface area contributed by atoms with Crippen molar-refractivity contribution < 1.29 is 4.39 Å². The zero-order valence-electron chi connectivity index (χ0n) is 10.9. The molecule has 5 nitrogen and oxygen atoms in total. The van der Waals surface area contributed by atoms with Crippen molar-refractivity contribution >= 4 is 11.8 Å². The number of aryl methyl sites for hydroxylation is 1. The molecule has 1 aromatic heterocycles. The highest BCUT2D eigenvalue weighted by molar-refractivity contribution is 7.99. The Kier molecular flexibility index (Phi) is 4.86. The Bertz CT molecular complexity index is 513. The third kappa shape index (κ3) is 4.29. The molecule has 19 heavy (non-hydrogen) atoms. The molecule has 0 saturated carbocycles. The standard InChI is InChI=1S/C12H16FN5S/c1-14-10(7-12-15-17-18(2)16-12)8-19-11-5-3-9(13)4-6-11/h3-6,10,14H,7-8H2,1-2H3. The van der Waals surface area contributed by atoms with Gasteiger partial charge in [0.2, 0.25) is 0 Å². The van der Waals surface area contributed by atoms with Crippen LogP contribution in [-0.2, 0) is 13.5 Å². The smallest absolute Gasteiger partial charge is 0.176 e. The van der Waals surface area contributed by atoms with Crippen molar-refractivity contribution in [2.45, 2.75) is 17.4 Å². The van der Waals surface area contributed by atoms with E-state index in [-0.39, 0.29) is 11.9 Å². The molecule has 2 aromatic rings. The largest absolute Gasteiger partial charge is 0.316 e.